The molecule has 0 spiro atoms. The van der Waals surface area contributed by atoms with Crippen molar-refractivity contribution in [2.75, 3.05) is 19.8 Å². The van der Waals surface area contributed by atoms with E-state index in [1.54, 1.807) is 0 Å². The second-order valence-electron chi connectivity index (χ2n) is 4.05. The Kier molecular flexibility index (Phi) is 3.56. The molecule has 1 heterocycles. The van der Waals surface area contributed by atoms with Crippen molar-refractivity contribution < 1.29 is 22.7 Å². The Bertz CT molecular complexity index is 416. The first-order valence-electron chi connectivity index (χ1n) is 5.48. The Morgan fingerprint density at radius 1 is 1.28 bits per heavy atom. The van der Waals surface area contributed by atoms with Crippen molar-refractivity contribution in [2.24, 2.45) is 0 Å². The molecule has 0 bridgehead atoms. The molecule has 0 aromatic heterocycles. The molecule has 1 aliphatic rings. The van der Waals surface area contributed by atoms with Gasteiger partial charge in [-0.3, -0.25) is 4.79 Å². The van der Waals surface area contributed by atoms with Gasteiger partial charge in [0.25, 0.3) is 0 Å². The van der Waals surface area contributed by atoms with Crippen LogP contribution in [0.2, 0.25) is 0 Å². The summed E-state index contributed by atoms with van der Waals surface area (Å²) >= 11 is 0. The van der Waals surface area contributed by atoms with Gasteiger partial charge in [-0.25, -0.2) is 0 Å². The summed E-state index contributed by atoms with van der Waals surface area (Å²) in [5.74, 6) is 0. The van der Waals surface area contributed by atoms with E-state index in [1.165, 1.54) is 17.0 Å². The van der Waals surface area contributed by atoms with E-state index in [1.807, 2.05) is 0 Å². The number of hydrogen-bond acceptors (Lipinski definition) is 2. The molecule has 0 N–H and O–H groups in total. The molecular formula is C12H12F3NO2. The first kappa shape index (κ1) is 12.9. The number of carbonyl (C=O) groups is 1. The zero-order valence-corrected chi connectivity index (χ0v) is 9.48. The summed E-state index contributed by atoms with van der Waals surface area (Å²) in [4.78, 5) is 12.4. The van der Waals surface area contributed by atoms with Gasteiger partial charge in [-0.2, -0.15) is 13.2 Å². The van der Waals surface area contributed by atoms with Crippen LogP contribution in [0.5, 0.6) is 0 Å². The Hall–Kier alpha value is -1.56. The summed E-state index contributed by atoms with van der Waals surface area (Å²) in [6.45, 7) is 1.22. The van der Waals surface area contributed by atoms with Crippen molar-refractivity contribution in [3.63, 3.8) is 0 Å². The Morgan fingerprint density at radius 2 is 1.94 bits per heavy atom. The van der Waals surface area contributed by atoms with Crippen LogP contribution in [0, 0.1) is 0 Å². The Labute approximate surface area is 102 Å². The van der Waals surface area contributed by atoms with E-state index in [0.717, 1.165) is 12.1 Å². The molecule has 3 nitrogen and oxygen atoms in total. The third-order valence-electron chi connectivity index (χ3n) is 2.93. The molecule has 1 aromatic carbocycles. The molecule has 18 heavy (non-hydrogen) atoms. The van der Waals surface area contributed by atoms with E-state index in [-0.39, 0.29) is 6.04 Å². The molecule has 0 aliphatic carbocycles. The first-order valence-corrected chi connectivity index (χ1v) is 5.48. The minimum absolute atomic E-state index is 0.307. The van der Waals surface area contributed by atoms with Crippen LogP contribution in [-0.4, -0.2) is 31.1 Å². The lowest BCUT2D eigenvalue weighted by Gasteiger charge is -2.33. The van der Waals surface area contributed by atoms with Crippen LogP contribution < -0.4 is 0 Å². The molecule has 1 amide bonds. The van der Waals surface area contributed by atoms with Gasteiger partial charge in [0.1, 0.15) is 0 Å². The van der Waals surface area contributed by atoms with Crippen LogP contribution in [0.1, 0.15) is 17.2 Å². The van der Waals surface area contributed by atoms with Crippen molar-refractivity contribution >= 4 is 6.41 Å². The average Bonchev–Trinajstić information content (AvgIpc) is 2.38. The van der Waals surface area contributed by atoms with E-state index < -0.39 is 11.7 Å². The maximum absolute atomic E-state index is 12.4. The van der Waals surface area contributed by atoms with E-state index >= 15 is 0 Å². The highest BCUT2D eigenvalue weighted by Gasteiger charge is 2.31. The average molecular weight is 259 g/mol. The van der Waals surface area contributed by atoms with Gasteiger partial charge in [0.15, 0.2) is 0 Å². The number of amides is 1. The Morgan fingerprint density at radius 3 is 2.50 bits per heavy atom. The van der Waals surface area contributed by atoms with Gasteiger partial charge in [-0.15, -0.1) is 0 Å². The van der Waals surface area contributed by atoms with Crippen LogP contribution in [-0.2, 0) is 15.7 Å². The highest BCUT2D eigenvalue weighted by molar-refractivity contribution is 5.49. The quantitative estimate of drug-likeness (QED) is 0.762. The highest BCUT2D eigenvalue weighted by atomic mass is 19.4. The topological polar surface area (TPSA) is 29.5 Å². The fourth-order valence-corrected chi connectivity index (χ4v) is 1.92. The van der Waals surface area contributed by atoms with Gasteiger partial charge in [-0.05, 0) is 17.7 Å². The minimum atomic E-state index is -4.34. The van der Waals surface area contributed by atoms with Gasteiger partial charge in [0.2, 0.25) is 6.41 Å². The number of morpholine rings is 1. The van der Waals surface area contributed by atoms with Crippen molar-refractivity contribution in [2.45, 2.75) is 12.2 Å². The maximum atomic E-state index is 12.4. The van der Waals surface area contributed by atoms with Gasteiger partial charge < -0.3 is 9.64 Å². The predicted octanol–water partition coefficient (Wildman–Crippen LogP) is 2.24. The van der Waals surface area contributed by atoms with E-state index in [9.17, 15) is 18.0 Å². The van der Waals surface area contributed by atoms with E-state index in [4.69, 9.17) is 4.74 Å². The number of ether oxygens (including phenoxy) is 1. The lowest BCUT2D eigenvalue weighted by atomic mass is 10.0. The number of carbonyl (C=O) groups excluding carboxylic acids is 1. The Balaban J connectivity index is 2.20. The second kappa shape index (κ2) is 4.97. The summed E-state index contributed by atoms with van der Waals surface area (Å²) in [6.07, 6.45) is -3.64. The summed E-state index contributed by atoms with van der Waals surface area (Å²) in [5, 5.41) is 0. The molecule has 1 aliphatic heterocycles. The zero-order chi connectivity index (χ0) is 13.2. The van der Waals surface area contributed by atoms with Crippen molar-refractivity contribution in [1.82, 2.24) is 4.90 Å². The number of halogens is 3. The first-order chi connectivity index (χ1) is 8.52. The molecule has 1 atom stereocenters. The van der Waals surface area contributed by atoms with Gasteiger partial charge >= 0.3 is 6.18 Å². The second-order valence-corrected chi connectivity index (χ2v) is 4.05. The summed E-state index contributed by atoms with van der Waals surface area (Å²) in [6, 6.07) is 4.51. The van der Waals surface area contributed by atoms with E-state index in [0.29, 0.717) is 31.7 Å². The number of rotatable bonds is 2. The summed E-state index contributed by atoms with van der Waals surface area (Å²) < 4.78 is 42.5. The standard InChI is InChI=1S/C12H12F3NO2/c13-12(14,15)10-3-1-9(2-4-10)11-7-18-6-5-16(11)8-17/h1-4,8,11H,5-7H2. The molecule has 0 saturated carbocycles. The smallest absolute Gasteiger partial charge is 0.377 e. The van der Waals surface area contributed by atoms with Gasteiger partial charge in [0, 0.05) is 6.54 Å². The fraction of sp³-hybridized carbons (Fsp3) is 0.417. The zero-order valence-electron chi connectivity index (χ0n) is 9.48. The molecule has 1 aromatic rings. The number of hydrogen-bond donors (Lipinski definition) is 0. The molecule has 1 fully saturated rings. The number of alkyl halides is 3. The van der Waals surface area contributed by atoms with Gasteiger partial charge in [-0.1, -0.05) is 12.1 Å². The number of nitrogens with zero attached hydrogens (tertiary/aromatic N) is 1. The molecule has 2 rings (SSSR count). The third kappa shape index (κ3) is 2.64. The van der Waals surface area contributed by atoms with Crippen LogP contribution in [0.15, 0.2) is 24.3 Å². The molecule has 6 heteroatoms. The van der Waals surface area contributed by atoms with Crippen LogP contribution >= 0.6 is 0 Å². The molecule has 1 saturated heterocycles. The van der Waals surface area contributed by atoms with Crippen LogP contribution in [0.4, 0.5) is 13.2 Å². The van der Waals surface area contributed by atoms with Gasteiger partial charge in [0.05, 0.1) is 24.8 Å². The SMILES string of the molecule is O=CN1CCOCC1c1ccc(C(F)(F)F)cc1. The monoisotopic (exact) mass is 259 g/mol. The molecule has 0 radical (unpaired) electrons. The largest absolute Gasteiger partial charge is 0.416 e. The molecule has 98 valence electrons. The normalized spacial score (nSPS) is 20.8. The molecule has 1 unspecified atom stereocenters. The summed E-state index contributed by atoms with van der Waals surface area (Å²) in [5.41, 5.74) is -0.0459. The predicted molar refractivity (Wildman–Crippen MR) is 57.8 cm³/mol. The van der Waals surface area contributed by atoms with Crippen molar-refractivity contribution in [3.05, 3.63) is 35.4 Å². The fourth-order valence-electron chi connectivity index (χ4n) is 1.92. The highest BCUT2D eigenvalue weighted by Crippen LogP contribution is 2.31. The third-order valence-corrected chi connectivity index (χ3v) is 2.93. The van der Waals surface area contributed by atoms with E-state index in [2.05, 4.69) is 0 Å². The van der Waals surface area contributed by atoms with Crippen molar-refractivity contribution in [1.29, 1.82) is 0 Å². The maximum Gasteiger partial charge on any atom is 0.416 e. The lowest BCUT2D eigenvalue weighted by Crippen LogP contribution is -2.38. The number of benzene rings is 1. The van der Waals surface area contributed by atoms with Crippen LogP contribution in [0.25, 0.3) is 0 Å². The summed E-state index contributed by atoms with van der Waals surface area (Å²) in [7, 11) is 0. The minimum Gasteiger partial charge on any atom is -0.377 e. The molecular weight excluding hydrogens is 247 g/mol. The van der Waals surface area contributed by atoms with Crippen LogP contribution in [0.3, 0.4) is 0 Å². The van der Waals surface area contributed by atoms with Crippen molar-refractivity contribution in [3.8, 4) is 0 Å². The lowest BCUT2D eigenvalue weighted by molar-refractivity contribution is -0.137.